The molecule has 1 aliphatic heterocycles. The van der Waals surface area contributed by atoms with E-state index >= 15 is 0 Å². The molecular formula is C25H22FNO2. The Morgan fingerprint density at radius 2 is 1.34 bits per heavy atom. The molecule has 1 amide bonds. The zero-order valence-corrected chi connectivity index (χ0v) is 16.1. The number of nitrogens with zero attached hydrogens (tertiary/aromatic N) is 1. The second kappa shape index (κ2) is 8.39. The van der Waals surface area contributed by atoms with Gasteiger partial charge in [-0.3, -0.25) is 9.59 Å². The molecular weight excluding hydrogens is 365 g/mol. The van der Waals surface area contributed by atoms with Gasteiger partial charge in [0.1, 0.15) is 5.82 Å². The van der Waals surface area contributed by atoms with Crippen LogP contribution in [0.2, 0.25) is 0 Å². The number of hydrogen-bond acceptors (Lipinski definition) is 2. The highest BCUT2D eigenvalue weighted by Gasteiger charge is 2.27. The van der Waals surface area contributed by atoms with Crippen molar-refractivity contribution in [2.24, 2.45) is 0 Å². The number of halogens is 1. The van der Waals surface area contributed by atoms with Gasteiger partial charge in [-0.25, -0.2) is 4.39 Å². The molecule has 4 heteroatoms. The van der Waals surface area contributed by atoms with E-state index in [2.05, 4.69) is 12.1 Å². The highest BCUT2D eigenvalue weighted by atomic mass is 19.1. The van der Waals surface area contributed by atoms with Crippen molar-refractivity contribution in [3.05, 3.63) is 107 Å². The van der Waals surface area contributed by atoms with E-state index in [0.29, 0.717) is 35.7 Å². The lowest BCUT2D eigenvalue weighted by Gasteiger charge is -2.32. The van der Waals surface area contributed by atoms with Gasteiger partial charge >= 0.3 is 0 Å². The van der Waals surface area contributed by atoms with Crippen molar-refractivity contribution in [1.82, 2.24) is 4.90 Å². The van der Waals surface area contributed by atoms with E-state index in [0.717, 1.165) is 12.8 Å². The van der Waals surface area contributed by atoms with Gasteiger partial charge < -0.3 is 4.90 Å². The van der Waals surface area contributed by atoms with Gasteiger partial charge in [-0.15, -0.1) is 0 Å². The van der Waals surface area contributed by atoms with Crippen LogP contribution in [0.1, 0.15) is 50.6 Å². The summed E-state index contributed by atoms with van der Waals surface area (Å²) < 4.78 is 13.2. The van der Waals surface area contributed by atoms with E-state index < -0.39 is 5.82 Å². The molecule has 29 heavy (non-hydrogen) atoms. The van der Waals surface area contributed by atoms with Crippen LogP contribution in [0.4, 0.5) is 4.39 Å². The highest BCUT2D eigenvalue weighted by Crippen LogP contribution is 2.29. The number of ketones is 1. The van der Waals surface area contributed by atoms with Crippen LogP contribution in [-0.2, 0) is 0 Å². The summed E-state index contributed by atoms with van der Waals surface area (Å²) in [4.78, 5) is 27.9. The average Bonchev–Trinajstić information content (AvgIpc) is 2.79. The fourth-order valence-corrected chi connectivity index (χ4v) is 3.94. The van der Waals surface area contributed by atoms with Crippen LogP contribution in [-0.4, -0.2) is 29.7 Å². The van der Waals surface area contributed by atoms with Crippen molar-refractivity contribution >= 4 is 11.7 Å². The number of hydrogen-bond donors (Lipinski definition) is 0. The van der Waals surface area contributed by atoms with Crippen LogP contribution in [0.15, 0.2) is 78.9 Å². The number of rotatable bonds is 4. The molecule has 1 fully saturated rings. The van der Waals surface area contributed by atoms with Crippen molar-refractivity contribution in [1.29, 1.82) is 0 Å². The van der Waals surface area contributed by atoms with Crippen LogP contribution in [0.5, 0.6) is 0 Å². The summed E-state index contributed by atoms with van der Waals surface area (Å²) in [6.07, 6.45) is 1.81. The summed E-state index contributed by atoms with van der Waals surface area (Å²) >= 11 is 0. The van der Waals surface area contributed by atoms with Gasteiger partial charge in [-0.2, -0.15) is 0 Å². The van der Waals surface area contributed by atoms with Crippen LogP contribution in [0, 0.1) is 5.82 Å². The molecule has 1 saturated heterocycles. The largest absolute Gasteiger partial charge is 0.339 e. The Bertz CT molecular complexity index is 1010. The highest BCUT2D eigenvalue weighted by molar-refractivity contribution is 6.15. The SMILES string of the molecule is O=C(c1ccc(F)cc1)c1ccccc1C(=O)N1CCC(c2ccccc2)CC1. The van der Waals surface area contributed by atoms with E-state index in [-0.39, 0.29) is 11.7 Å². The average molecular weight is 387 g/mol. The molecule has 146 valence electrons. The molecule has 1 heterocycles. The molecule has 0 saturated carbocycles. The third-order valence-corrected chi connectivity index (χ3v) is 5.56. The van der Waals surface area contributed by atoms with E-state index in [1.54, 1.807) is 24.3 Å². The molecule has 0 atom stereocenters. The lowest BCUT2D eigenvalue weighted by molar-refractivity contribution is 0.0709. The van der Waals surface area contributed by atoms with E-state index in [1.165, 1.54) is 29.8 Å². The van der Waals surface area contributed by atoms with Crippen LogP contribution >= 0.6 is 0 Å². The van der Waals surface area contributed by atoms with Gasteiger partial charge in [0.05, 0.1) is 5.56 Å². The van der Waals surface area contributed by atoms with E-state index in [4.69, 9.17) is 0 Å². The van der Waals surface area contributed by atoms with E-state index in [1.807, 2.05) is 23.1 Å². The first kappa shape index (κ1) is 19.1. The fraction of sp³-hybridized carbons (Fsp3) is 0.200. The summed E-state index contributed by atoms with van der Waals surface area (Å²) in [7, 11) is 0. The maximum absolute atomic E-state index is 13.2. The van der Waals surface area contributed by atoms with E-state index in [9.17, 15) is 14.0 Å². The maximum Gasteiger partial charge on any atom is 0.254 e. The standard InChI is InChI=1S/C25H22FNO2/c26-21-12-10-20(11-13-21)24(28)22-8-4-5-9-23(22)25(29)27-16-14-19(15-17-27)18-6-2-1-3-7-18/h1-13,19H,14-17H2. The smallest absolute Gasteiger partial charge is 0.254 e. The van der Waals surface area contributed by atoms with Crippen molar-refractivity contribution in [3.8, 4) is 0 Å². The molecule has 3 nitrogen and oxygen atoms in total. The van der Waals surface area contributed by atoms with Gasteiger partial charge in [0.15, 0.2) is 5.78 Å². The zero-order valence-electron chi connectivity index (χ0n) is 16.1. The van der Waals surface area contributed by atoms with Gasteiger partial charge in [0.2, 0.25) is 0 Å². The van der Waals surface area contributed by atoms with Crippen molar-refractivity contribution in [2.75, 3.05) is 13.1 Å². The summed E-state index contributed by atoms with van der Waals surface area (Å²) in [5, 5.41) is 0. The first-order valence-electron chi connectivity index (χ1n) is 9.87. The predicted molar refractivity (Wildman–Crippen MR) is 111 cm³/mol. The monoisotopic (exact) mass is 387 g/mol. The lowest BCUT2D eigenvalue weighted by Crippen LogP contribution is -2.38. The Morgan fingerprint density at radius 1 is 0.759 bits per heavy atom. The van der Waals surface area contributed by atoms with Gasteiger partial charge in [-0.1, -0.05) is 48.5 Å². The number of likely N-dealkylation sites (tertiary alicyclic amines) is 1. The molecule has 0 aromatic heterocycles. The van der Waals surface area contributed by atoms with Crippen LogP contribution in [0.3, 0.4) is 0 Å². The molecule has 0 unspecified atom stereocenters. The minimum absolute atomic E-state index is 0.123. The summed E-state index contributed by atoms with van der Waals surface area (Å²) in [5.74, 6) is -0.334. The van der Waals surface area contributed by atoms with Crippen molar-refractivity contribution in [2.45, 2.75) is 18.8 Å². The summed E-state index contributed by atoms with van der Waals surface area (Å²) in [6.45, 7) is 1.33. The molecule has 1 aliphatic rings. The molecule has 3 aromatic rings. The third-order valence-electron chi connectivity index (χ3n) is 5.56. The zero-order chi connectivity index (χ0) is 20.2. The van der Waals surface area contributed by atoms with Gasteiger partial charge in [0.25, 0.3) is 5.91 Å². The second-order valence-electron chi connectivity index (χ2n) is 7.36. The normalized spacial score (nSPS) is 14.6. The molecule has 3 aromatic carbocycles. The topological polar surface area (TPSA) is 37.4 Å². The van der Waals surface area contributed by atoms with Crippen LogP contribution < -0.4 is 0 Å². The molecule has 0 radical (unpaired) electrons. The maximum atomic E-state index is 13.2. The van der Waals surface area contributed by atoms with Crippen molar-refractivity contribution < 1.29 is 14.0 Å². The van der Waals surface area contributed by atoms with Gasteiger partial charge in [-0.05, 0) is 54.7 Å². The Balaban J connectivity index is 1.51. The predicted octanol–water partition coefficient (Wildman–Crippen LogP) is 5.08. The van der Waals surface area contributed by atoms with Crippen LogP contribution in [0.25, 0.3) is 0 Å². The third kappa shape index (κ3) is 4.11. The summed E-state index contributed by atoms with van der Waals surface area (Å²) in [5.41, 5.74) is 2.44. The Hall–Kier alpha value is -3.27. The molecule has 0 aliphatic carbocycles. The van der Waals surface area contributed by atoms with Crippen molar-refractivity contribution in [3.63, 3.8) is 0 Å². The molecule has 0 bridgehead atoms. The number of benzene rings is 3. The number of carbonyl (C=O) groups excluding carboxylic acids is 2. The Kier molecular flexibility index (Phi) is 5.52. The first-order valence-corrected chi connectivity index (χ1v) is 9.87. The lowest BCUT2D eigenvalue weighted by atomic mass is 9.89. The molecule has 0 N–H and O–H groups in total. The Morgan fingerprint density at radius 3 is 2.00 bits per heavy atom. The number of carbonyl (C=O) groups is 2. The molecule has 0 spiro atoms. The second-order valence-corrected chi connectivity index (χ2v) is 7.36. The number of amides is 1. The first-order chi connectivity index (χ1) is 14.1. The fourth-order valence-electron chi connectivity index (χ4n) is 3.94. The minimum Gasteiger partial charge on any atom is -0.339 e. The quantitative estimate of drug-likeness (QED) is 0.586. The number of piperidine rings is 1. The summed E-state index contributed by atoms with van der Waals surface area (Å²) in [6, 6.07) is 22.7. The minimum atomic E-state index is -0.396. The Labute approximate surface area is 169 Å². The molecule has 4 rings (SSSR count). The van der Waals surface area contributed by atoms with Gasteiger partial charge in [0, 0.05) is 24.2 Å².